The molecule has 9 heteroatoms. The number of carbonyl (C=O) groups is 3. The average molecular weight is 970 g/mol. The van der Waals surface area contributed by atoms with Crippen molar-refractivity contribution < 1.29 is 42.9 Å². The topological polar surface area (TPSA) is 108 Å². The SMILES string of the molecule is CC/C=C\C/C=C\C/C=C\C/C=C\C/C=C\CCCCCCCCCCCCCC(=O)OC(COC(=O)CCCCCCCCC/C=C\CCCCCCCC)COC(OCC[N+](C)(C)C)C(=O)O. The molecule has 0 saturated carbocycles. The molecule has 0 fully saturated rings. The van der Waals surface area contributed by atoms with Gasteiger partial charge >= 0.3 is 17.9 Å². The molecule has 0 aliphatic heterocycles. The van der Waals surface area contributed by atoms with Crippen LogP contribution in [0.3, 0.4) is 0 Å². The van der Waals surface area contributed by atoms with Gasteiger partial charge in [-0.25, -0.2) is 4.79 Å². The zero-order chi connectivity index (χ0) is 50.6. The smallest absolute Gasteiger partial charge is 0.361 e. The van der Waals surface area contributed by atoms with E-state index >= 15 is 0 Å². The minimum Gasteiger partial charge on any atom is -0.477 e. The van der Waals surface area contributed by atoms with E-state index in [4.69, 9.17) is 18.9 Å². The Labute approximate surface area is 424 Å². The van der Waals surface area contributed by atoms with Crippen LogP contribution in [0, 0.1) is 0 Å². The number of unbranched alkanes of at least 4 members (excludes halogenated alkanes) is 24. The summed E-state index contributed by atoms with van der Waals surface area (Å²) < 4.78 is 22.9. The first kappa shape index (κ1) is 65.7. The van der Waals surface area contributed by atoms with Crippen molar-refractivity contribution in [3.05, 3.63) is 72.9 Å². The van der Waals surface area contributed by atoms with E-state index in [-0.39, 0.29) is 32.2 Å². The van der Waals surface area contributed by atoms with Crippen LogP contribution < -0.4 is 0 Å². The van der Waals surface area contributed by atoms with Gasteiger partial charge < -0.3 is 28.5 Å². The highest BCUT2D eigenvalue weighted by atomic mass is 16.7. The number of carbonyl (C=O) groups excluding carboxylic acids is 2. The lowest BCUT2D eigenvalue weighted by Crippen LogP contribution is -2.40. The minimum absolute atomic E-state index is 0.184. The number of aliphatic carboxylic acids is 1. The number of nitrogens with zero attached hydrogens (tertiary/aromatic N) is 1. The number of likely N-dealkylation sites (N-methyl/N-ethyl adjacent to an activating group) is 1. The van der Waals surface area contributed by atoms with E-state index in [0.717, 1.165) is 70.6 Å². The Balaban J connectivity index is 4.26. The van der Waals surface area contributed by atoms with Crippen molar-refractivity contribution in [3.63, 3.8) is 0 Å². The number of quaternary nitrogens is 1. The molecule has 2 unspecified atom stereocenters. The van der Waals surface area contributed by atoms with E-state index in [1.807, 2.05) is 21.1 Å². The first-order chi connectivity index (χ1) is 33.6. The second-order valence-corrected chi connectivity index (χ2v) is 19.9. The van der Waals surface area contributed by atoms with Gasteiger partial charge in [-0.15, -0.1) is 0 Å². The summed E-state index contributed by atoms with van der Waals surface area (Å²) in [5.41, 5.74) is 0. The molecule has 0 heterocycles. The molecular weight excluding hydrogens is 863 g/mol. The third kappa shape index (κ3) is 52.4. The van der Waals surface area contributed by atoms with Crippen LogP contribution in [0.25, 0.3) is 0 Å². The molecule has 2 atom stereocenters. The van der Waals surface area contributed by atoms with Crippen LogP contribution in [0.5, 0.6) is 0 Å². The normalized spacial score (nSPS) is 13.3. The lowest BCUT2D eigenvalue weighted by atomic mass is 10.0. The van der Waals surface area contributed by atoms with Gasteiger partial charge in [0.2, 0.25) is 0 Å². The number of carboxylic acid groups (broad SMARTS) is 1. The molecule has 0 saturated heterocycles. The fourth-order valence-corrected chi connectivity index (χ4v) is 7.62. The molecule has 0 rings (SSSR count). The Morgan fingerprint density at radius 3 is 1.25 bits per heavy atom. The third-order valence-electron chi connectivity index (χ3n) is 11.9. The van der Waals surface area contributed by atoms with Crippen molar-refractivity contribution in [2.24, 2.45) is 0 Å². The molecule has 0 aliphatic carbocycles. The van der Waals surface area contributed by atoms with Crippen molar-refractivity contribution in [2.45, 2.75) is 245 Å². The van der Waals surface area contributed by atoms with Crippen LogP contribution in [0.1, 0.15) is 232 Å². The van der Waals surface area contributed by atoms with Gasteiger partial charge in [0, 0.05) is 12.8 Å². The van der Waals surface area contributed by atoms with Gasteiger partial charge in [0.05, 0.1) is 34.4 Å². The molecular formula is C60H106NO8+. The average Bonchev–Trinajstić information content (AvgIpc) is 3.31. The van der Waals surface area contributed by atoms with Crippen LogP contribution in [-0.4, -0.2) is 87.4 Å². The molecule has 0 aliphatic rings. The maximum atomic E-state index is 12.9. The van der Waals surface area contributed by atoms with Gasteiger partial charge in [0.1, 0.15) is 13.2 Å². The van der Waals surface area contributed by atoms with Gasteiger partial charge in [0.15, 0.2) is 6.10 Å². The fourth-order valence-electron chi connectivity index (χ4n) is 7.62. The van der Waals surface area contributed by atoms with Crippen molar-refractivity contribution >= 4 is 17.9 Å². The number of allylic oxidation sites excluding steroid dienone is 12. The Morgan fingerprint density at radius 2 is 0.826 bits per heavy atom. The first-order valence-corrected chi connectivity index (χ1v) is 28.1. The summed E-state index contributed by atoms with van der Waals surface area (Å²) in [6.45, 7) is 4.76. The Kier molecular flexibility index (Phi) is 48.7. The van der Waals surface area contributed by atoms with Crippen molar-refractivity contribution in [1.29, 1.82) is 0 Å². The van der Waals surface area contributed by atoms with Gasteiger partial charge in [-0.2, -0.15) is 0 Å². The van der Waals surface area contributed by atoms with Crippen LogP contribution in [0.2, 0.25) is 0 Å². The van der Waals surface area contributed by atoms with E-state index in [1.165, 1.54) is 128 Å². The summed E-state index contributed by atoms with van der Waals surface area (Å²) in [6, 6.07) is 0. The number of carboxylic acids is 1. The number of ether oxygens (including phenoxy) is 4. The molecule has 398 valence electrons. The summed E-state index contributed by atoms with van der Waals surface area (Å²) in [5, 5.41) is 9.69. The van der Waals surface area contributed by atoms with Crippen molar-refractivity contribution in [3.8, 4) is 0 Å². The summed E-state index contributed by atoms with van der Waals surface area (Å²) >= 11 is 0. The summed E-state index contributed by atoms with van der Waals surface area (Å²) in [4.78, 5) is 37.4. The Bertz CT molecular complexity index is 1360. The second kappa shape index (κ2) is 51.1. The molecule has 0 spiro atoms. The van der Waals surface area contributed by atoms with Crippen molar-refractivity contribution in [2.75, 3.05) is 47.5 Å². The molecule has 9 nitrogen and oxygen atoms in total. The summed E-state index contributed by atoms with van der Waals surface area (Å²) in [5.74, 6) is -2.01. The van der Waals surface area contributed by atoms with Crippen molar-refractivity contribution in [1.82, 2.24) is 0 Å². The van der Waals surface area contributed by atoms with E-state index in [0.29, 0.717) is 23.9 Å². The predicted molar refractivity (Wildman–Crippen MR) is 290 cm³/mol. The van der Waals surface area contributed by atoms with E-state index in [2.05, 4.69) is 86.8 Å². The monoisotopic (exact) mass is 969 g/mol. The Hall–Kier alpha value is -3.27. The number of hydrogen-bond donors (Lipinski definition) is 1. The lowest BCUT2D eigenvalue weighted by molar-refractivity contribution is -0.870. The summed E-state index contributed by atoms with van der Waals surface area (Å²) in [7, 11) is 5.96. The van der Waals surface area contributed by atoms with Gasteiger partial charge in [0.25, 0.3) is 6.29 Å². The summed E-state index contributed by atoms with van der Waals surface area (Å²) in [6.07, 6.45) is 62.5. The lowest BCUT2D eigenvalue weighted by Gasteiger charge is -2.25. The fraction of sp³-hybridized carbons (Fsp3) is 0.750. The quantitative estimate of drug-likeness (QED) is 0.0211. The number of rotatable bonds is 51. The van der Waals surface area contributed by atoms with Crippen LogP contribution in [0.15, 0.2) is 72.9 Å². The van der Waals surface area contributed by atoms with Crippen LogP contribution in [0.4, 0.5) is 0 Å². The third-order valence-corrected chi connectivity index (χ3v) is 11.9. The second-order valence-electron chi connectivity index (χ2n) is 19.9. The maximum absolute atomic E-state index is 12.9. The molecule has 0 bridgehead atoms. The van der Waals surface area contributed by atoms with Gasteiger partial charge in [-0.05, 0) is 83.5 Å². The molecule has 0 aromatic carbocycles. The maximum Gasteiger partial charge on any atom is 0.361 e. The van der Waals surface area contributed by atoms with E-state index in [1.54, 1.807) is 0 Å². The highest BCUT2D eigenvalue weighted by Crippen LogP contribution is 2.15. The number of esters is 2. The molecule has 0 radical (unpaired) electrons. The van der Waals surface area contributed by atoms with Crippen LogP contribution in [-0.2, 0) is 33.3 Å². The zero-order valence-electron chi connectivity index (χ0n) is 45.2. The van der Waals surface area contributed by atoms with Gasteiger partial charge in [-0.3, -0.25) is 9.59 Å². The highest BCUT2D eigenvalue weighted by Gasteiger charge is 2.25. The standard InChI is InChI=1S/C60H105NO8/c1-6-8-10-12-14-16-18-20-22-24-25-26-27-28-29-30-31-32-33-35-37-39-41-43-45-47-49-51-58(63)69-56(55-68-60(59(64)65)66-53-52-61(3,4)5)54-67-57(62)50-48-46-44-42-40-38-36-34-23-21-19-17-15-13-11-9-7-2/h8,10,14,16,20-23,25-26,28-29,56,60H,6-7,9,11-13,15,17-19,24,27,30-55H2,1-5H3/p+1/b10-8-,16-14-,22-20-,23-21-,26-25-,29-28-. The van der Waals surface area contributed by atoms with E-state index in [9.17, 15) is 19.5 Å². The largest absolute Gasteiger partial charge is 0.477 e. The van der Waals surface area contributed by atoms with Crippen LogP contribution >= 0.6 is 0 Å². The number of hydrogen-bond acceptors (Lipinski definition) is 7. The van der Waals surface area contributed by atoms with E-state index < -0.39 is 24.3 Å². The molecule has 0 amide bonds. The minimum atomic E-state index is -1.51. The zero-order valence-corrected chi connectivity index (χ0v) is 45.2. The van der Waals surface area contributed by atoms with Gasteiger partial charge in [-0.1, -0.05) is 209 Å². The molecule has 0 aromatic rings. The molecule has 0 aromatic heterocycles. The Morgan fingerprint density at radius 1 is 0.449 bits per heavy atom. The highest BCUT2D eigenvalue weighted by molar-refractivity contribution is 5.71. The molecule has 69 heavy (non-hydrogen) atoms. The predicted octanol–water partition coefficient (Wildman–Crippen LogP) is 16.2. The first-order valence-electron chi connectivity index (χ1n) is 28.1. The molecule has 1 N–H and O–H groups in total.